The number of carbonyl (C=O) groups is 2. The highest BCUT2D eigenvalue weighted by molar-refractivity contribution is 5.76. The second-order valence-corrected chi connectivity index (χ2v) is 5.00. The molecule has 1 aliphatic rings. The number of aliphatic hydroxyl groups excluding tert-OH is 4. The third-order valence-electron chi connectivity index (χ3n) is 3.51. The molecular weight excluding hydrogens is 288 g/mol. The Balaban J connectivity index is 3.15. The van der Waals surface area contributed by atoms with E-state index in [-0.39, 0.29) is 0 Å². The molecule has 10 heteroatoms. The molecule has 1 fully saturated rings. The van der Waals surface area contributed by atoms with Gasteiger partial charge in [-0.1, -0.05) is 0 Å². The molecule has 0 radical (unpaired) electrons. The summed E-state index contributed by atoms with van der Waals surface area (Å²) < 4.78 is 5.09. The maximum absolute atomic E-state index is 11.3. The summed E-state index contributed by atoms with van der Waals surface area (Å²) >= 11 is 0. The molecule has 0 saturated carbocycles. The van der Waals surface area contributed by atoms with Crippen molar-refractivity contribution in [1.29, 1.82) is 0 Å². The van der Waals surface area contributed by atoms with E-state index in [1.807, 2.05) is 0 Å². The molecule has 0 aromatic rings. The summed E-state index contributed by atoms with van der Waals surface area (Å²) in [5, 5.41) is 50.2. The van der Waals surface area contributed by atoms with E-state index in [2.05, 4.69) is 5.32 Å². The Morgan fingerprint density at radius 3 is 2.48 bits per heavy atom. The second kappa shape index (κ2) is 6.64. The van der Waals surface area contributed by atoms with Gasteiger partial charge in [0.25, 0.3) is 0 Å². The maximum atomic E-state index is 11.3. The standard InChI is InChI=1S/C11H20N2O8/c1-4(15)13-11(8(17)6(12)10(19)20)3-21-5(2-14)7(16)9(11)18/h5-9,14,16-18H,2-3,12H2,1H3,(H,13,15)(H,19,20)/t5-,6+,7+,8?,9+,11-/m1/s1. The van der Waals surface area contributed by atoms with Gasteiger partial charge in [-0.05, 0) is 0 Å². The third kappa shape index (κ3) is 3.31. The number of nitrogens with one attached hydrogen (secondary N) is 1. The molecular formula is C11H20N2O8. The van der Waals surface area contributed by atoms with Gasteiger partial charge in [0.2, 0.25) is 5.91 Å². The lowest BCUT2D eigenvalue weighted by Crippen LogP contribution is -2.76. The Hall–Kier alpha value is -1.30. The molecule has 1 amide bonds. The monoisotopic (exact) mass is 308 g/mol. The molecule has 1 rings (SSSR count). The lowest BCUT2D eigenvalue weighted by atomic mass is 9.77. The Morgan fingerprint density at radius 2 is 2.05 bits per heavy atom. The fraction of sp³-hybridized carbons (Fsp3) is 0.818. The van der Waals surface area contributed by atoms with Gasteiger partial charge in [0.15, 0.2) is 0 Å². The highest BCUT2D eigenvalue weighted by Crippen LogP contribution is 2.29. The topological polar surface area (TPSA) is 183 Å². The molecule has 0 bridgehead atoms. The van der Waals surface area contributed by atoms with Crippen molar-refractivity contribution in [3.63, 3.8) is 0 Å². The van der Waals surface area contributed by atoms with Gasteiger partial charge in [0.05, 0.1) is 13.2 Å². The van der Waals surface area contributed by atoms with Crippen LogP contribution in [0.2, 0.25) is 0 Å². The Bertz CT molecular complexity index is 406. The lowest BCUT2D eigenvalue weighted by molar-refractivity contribution is -0.215. The Kier molecular flexibility index (Phi) is 5.61. The molecule has 8 N–H and O–H groups in total. The van der Waals surface area contributed by atoms with E-state index in [4.69, 9.17) is 20.7 Å². The zero-order valence-corrected chi connectivity index (χ0v) is 11.3. The Labute approximate surface area is 120 Å². The average molecular weight is 308 g/mol. The summed E-state index contributed by atoms with van der Waals surface area (Å²) in [6, 6.07) is -1.83. The number of hydrogen-bond donors (Lipinski definition) is 7. The van der Waals surface area contributed by atoms with Crippen LogP contribution in [0.1, 0.15) is 6.92 Å². The summed E-state index contributed by atoms with van der Waals surface area (Å²) in [5.41, 5.74) is 3.32. The zero-order chi connectivity index (χ0) is 16.4. The minimum atomic E-state index is -2.01. The molecule has 0 aliphatic carbocycles. The van der Waals surface area contributed by atoms with Crippen molar-refractivity contribution in [1.82, 2.24) is 5.32 Å². The minimum absolute atomic E-state index is 0.530. The van der Waals surface area contributed by atoms with Crippen LogP contribution in [0, 0.1) is 0 Å². The number of amides is 1. The highest BCUT2D eigenvalue weighted by Gasteiger charge is 2.56. The number of aliphatic carboxylic acids is 1. The van der Waals surface area contributed by atoms with Crippen LogP contribution in [0.15, 0.2) is 0 Å². The van der Waals surface area contributed by atoms with Gasteiger partial charge >= 0.3 is 5.97 Å². The minimum Gasteiger partial charge on any atom is -0.480 e. The van der Waals surface area contributed by atoms with Crippen LogP contribution in [0.5, 0.6) is 0 Å². The third-order valence-corrected chi connectivity index (χ3v) is 3.51. The van der Waals surface area contributed by atoms with E-state index in [1.165, 1.54) is 0 Å². The molecule has 1 aliphatic heterocycles. The predicted molar refractivity (Wildman–Crippen MR) is 67.0 cm³/mol. The smallest absolute Gasteiger partial charge is 0.323 e. The van der Waals surface area contributed by atoms with Crippen molar-refractivity contribution in [3.05, 3.63) is 0 Å². The van der Waals surface area contributed by atoms with E-state index in [1.54, 1.807) is 0 Å². The van der Waals surface area contributed by atoms with Gasteiger partial charge < -0.3 is 41.3 Å². The van der Waals surface area contributed by atoms with E-state index < -0.39 is 61.1 Å². The quantitative estimate of drug-likeness (QED) is 0.264. The van der Waals surface area contributed by atoms with Crippen LogP contribution < -0.4 is 11.1 Å². The number of carbonyl (C=O) groups excluding carboxylic acids is 1. The van der Waals surface area contributed by atoms with Gasteiger partial charge in [-0.2, -0.15) is 0 Å². The first kappa shape index (κ1) is 17.8. The van der Waals surface area contributed by atoms with Crippen molar-refractivity contribution in [2.75, 3.05) is 13.2 Å². The molecule has 122 valence electrons. The zero-order valence-electron chi connectivity index (χ0n) is 11.3. The number of carboxylic acids is 1. The molecule has 1 saturated heterocycles. The molecule has 21 heavy (non-hydrogen) atoms. The van der Waals surface area contributed by atoms with Gasteiger partial charge in [-0.15, -0.1) is 0 Å². The largest absolute Gasteiger partial charge is 0.480 e. The van der Waals surface area contributed by atoms with Gasteiger partial charge in [-0.3, -0.25) is 9.59 Å². The molecule has 1 heterocycles. The SMILES string of the molecule is CC(=O)N[C@@]1(C(O)[C@H](N)C(=O)O)CO[C@H](CO)[C@H](O)[C@@H]1O. The normalized spacial score (nSPS) is 35.8. The van der Waals surface area contributed by atoms with Crippen LogP contribution in [0.4, 0.5) is 0 Å². The maximum Gasteiger partial charge on any atom is 0.323 e. The summed E-state index contributed by atoms with van der Waals surface area (Å²) in [6.45, 7) is -0.0500. The molecule has 0 spiro atoms. The number of hydrogen-bond acceptors (Lipinski definition) is 8. The fourth-order valence-corrected chi connectivity index (χ4v) is 2.33. The molecule has 10 nitrogen and oxygen atoms in total. The predicted octanol–water partition coefficient (Wildman–Crippen LogP) is -4.25. The van der Waals surface area contributed by atoms with Crippen LogP contribution in [-0.4, -0.2) is 86.6 Å². The van der Waals surface area contributed by atoms with E-state index in [0.29, 0.717) is 0 Å². The summed E-state index contributed by atoms with van der Waals surface area (Å²) in [7, 11) is 0. The molecule has 0 aromatic heterocycles. The van der Waals surface area contributed by atoms with Crippen molar-refractivity contribution < 1.29 is 39.9 Å². The van der Waals surface area contributed by atoms with Gasteiger partial charge in [0, 0.05) is 6.92 Å². The molecule has 1 unspecified atom stereocenters. The first-order valence-electron chi connectivity index (χ1n) is 6.21. The Morgan fingerprint density at radius 1 is 1.48 bits per heavy atom. The van der Waals surface area contributed by atoms with Crippen LogP contribution >= 0.6 is 0 Å². The van der Waals surface area contributed by atoms with Crippen molar-refractivity contribution in [3.8, 4) is 0 Å². The van der Waals surface area contributed by atoms with Crippen molar-refractivity contribution in [2.24, 2.45) is 5.73 Å². The van der Waals surface area contributed by atoms with Gasteiger partial charge in [-0.25, -0.2) is 0 Å². The number of aliphatic hydroxyl groups is 4. The summed E-state index contributed by atoms with van der Waals surface area (Å²) in [6.07, 6.45) is -6.49. The number of ether oxygens (including phenoxy) is 1. The second-order valence-electron chi connectivity index (χ2n) is 5.00. The van der Waals surface area contributed by atoms with E-state index in [9.17, 15) is 24.9 Å². The van der Waals surface area contributed by atoms with Gasteiger partial charge in [0.1, 0.15) is 36.0 Å². The van der Waals surface area contributed by atoms with Crippen molar-refractivity contribution >= 4 is 11.9 Å². The number of nitrogens with two attached hydrogens (primary N) is 1. The fourth-order valence-electron chi connectivity index (χ4n) is 2.33. The summed E-state index contributed by atoms with van der Waals surface area (Å²) in [4.78, 5) is 22.2. The highest BCUT2D eigenvalue weighted by atomic mass is 16.5. The van der Waals surface area contributed by atoms with Crippen LogP contribution in [0.3, 0.4) is 0 Å². The average Bonchev–Trinajstić information content (AvgIpc) is 2.42. The van der Waals surface area contributed by atoms with E-state index >= 15 is 0 Å². The molecule has 6 atom stereocenters. The molecule has 0 aromatic carbocycles. The van der Waals surface area contributed by atoms with Crippen LogP contribution in [0.25, 0.3) is 0 Å². The first-order valence-corrected chi connectivity index (χ1v) is 6.21. The number of carboxylic acid groups (broad SMARTS) is 1. The lowest BCUT2D eigenvalue weighted by Gasteiger charge is -2.49. The van der Waals surface area contributed by atoms with Crippen molar-refractivity contribution in [2.45, 2.75) is 42.9 Å². The summed E-state index contributed by atoms with van der Waals surface area (Å²) in [5.74, 6) is -2.25. The van der Waals surface area contributed by atoms with E-state index in [0.717, 1.165) is 6.92 Å². The first-order chi connectivity index (χ1) is 9.67. The van der Waals surface area contributed by atoms with Crippen LogP contribution in [-0.2, 0) is 14.3 Å². The number of rotatable bonds is 5.